The summed E-state index contributed by atoms with van der Waals surface area (Å²) in [5.74, 6) is 1.55. The van der Waals surface area contributed by atoms with E-state index < -0.39 is 0 Å². The van der Waals surface area contributed by atoms with Crippen LogP contribution in [0.5, 0.6) is 0 Å². The fourth-order valence-corrected chi connectivity index (χ4v) is 12.3. The van der Waals surface area contributed by atoms with Gasteiger partial charge < -0.3 is 9.13 Å². The van der Waals surface area contributed by atoms with E-state index in [1.54, 1.807) is 0 Å². The number of nitrogens with zero attached hydrogens (tertiary/aromatic N) is 10. The van der Waals surface area contributed by atoms with Crippen LogP contribution in [0.3, 0.4) is 0 Å². The molecule has 0 fully saturated rings. The van der Waals surface area contributed by atoms with Crippen molar-refractivity contribution in [2.24, 2.45) is 0 Å². The summed E-state index contributed by atoms with van der Waals surface area (Å²) in [6.07, 6.45) is 3.75. The van der Waals surface area contributed by atoms with Crippen LogP contribution in [0.15, 0.2) is 267 Å². The zero-order valence-corrected chi connectivity index (χ0v) is 46.9. The van der Waals surface area contributed by atoms with Crippen LogP contribution in [-0.2, 0) is 0 Å². The predicted molar refractivity (Wildman–Crippen MR) is 352 cm³/mol. The summed E-state index contributed by atoms with van der Waals surface area (Å²) in [5.41, 5.74) is 18.6. The molecule has 0 spiro atoms. The zero-order valence-electron chi connectivity index (χ0n) is 46.9. The smallest absolute Gasteiger partial charge is 0.194 e. The average molecular weight is 1120 g/mol. The summed E-state index contributed by atoms with van der Waals surface area (Å²) in [6, 6.07) is 89.5. The summed E-state index contributed by atoms with van der Waals surface area (Å²) < 4.78 is 4.58. The van der Waals surface area contributed by atoms with Crippen LogP contribution >= 0.6 is 0 Å². The Morgan fingerprint density at radius 3 is 1.12 bits per heavy atom. The summed E-state index contributed by atoms with van der Waals surface area (Å²) in [6.45, 7) is 16.3. The van der Waals surface area contributed by atoms with Crippen LogP contribution in [0.1, 0.15) is 11.1 Å². The number of hydrogen-bond acceptors (Lipinski definition) is 6. The van der Waals surface area contributed by atoms with Gasteiger partial charge in [0.15, 0.2) is 28.8 Å². The van der Waals surface area contributed by atoms with Crippen LogP contribution in [0.4, 0.5) is 11.4 Å². The van der Waals surface area contributed by atoms with Crippen LogP contribution < -0.4 is 0 Å². The first kappa shape index (κ1) is 52.0. The van der Waals surface area contributed by atoms with E-state index in [4.69, 9.17) is 33.1 Å². The van der Waals surface area contributed by atoms with E-state index in [9.17, 15) is 10.5 Å². The second-order valence-corrected chi connectivity index (χ2v) is 21.3. The third-order valence-corrected chi connectivity index (χ3v) is 16.4. The zero-order chi connectivity index (χ0) is 59.2. The molecule has 0 radical (unpaired) electrons. The van der Waals surface area contributed by atoms with Crippen LogP contribution in [0, 0.1) is 35.8 Å². The van der Waals surface area contributed by atoms with E-state index in [0.717, 1.165) is 127 Å². The molecule has 4 heterocycles. The first-order valence-electron chi connectivity index (χ1n) is 28.5. The van der Waals surface area contributed by atoms with Gasteiger partial charge in [0.1, 0.15) is 0 Å². The van der Waals surface area contributed by atoms with Gasteiger partial charge in [-0.2, -0.15) is 10.5 Å². The lowest BCUT2D eigenvalue weighted by Gasteiger charge is -2.19. The van der Waals surface area contributed by atoms with Crippen LogP contribution in [0.2, 0.25) is 0 Å². The summed E-state index contributed by atoms with van der Waals surface area (Å²) in [5, 5.41) is 24.5. The van der Waals surface area contributed by atoms with Crippen molar-refractivity contribution in [3.63, 3.8) is 0 Å². The van der Waals surface area contributed by atoms with Gasteiger partial charge >= 0.3 is 0 Å². The van der Waals surface area contributed by atoms with E-state index >= 15 is 0 Å². The highest BCUT2D eigenvalue weighted by Crippen LogP contribution is 2.46. The Morgan fingerprint density at radius 2 is 0.682 bits per heavy atom. The molecule has 11 aromatic carbocycles. The number of rotatable bonds is 10. The number of nitriles is 2. The van der Waals surface area contributed by atoms with Gasteiger partial charge in [0.05, 0.1) is 76.0 Å². The lowest BCUT2D eigenvalue weighted by Crippen LogP contribution is -2.04. The lowest BCUT2D eigenvalue weighted by molar-refractivity contribution is 1.07. The molecule has 0 saturated heterocycles. The average Bonchev–Trinajstić information content (AvgIpc) is 1.67. The minimum atomic E-state index is 0.483. The first-order chi connectivity index (χ1) is 43.5. The molecule has 4 aromatic heterocycles. The molecule has 15 aromatic rings. The Morgan fingerprint density at radius 1 is 0.318 bits per heavy atom. The molecule has 0 aliphatic rings. The Labute approximate surface area is 506 Å². The molecule has 10 heteroatoms. The van der Waals surface area contributed by atoms with Crippen molar-refractivity contribution in [3.8, 4) is 113 Å². The van der Waals surface area contributed by atoms with E-state index in [2.05, 4.69) is 128 Å². The van der Waals surface area contributed by atoms with Crippen molar-refractivity contribution in [2.45, 2.75) is 0 Å². The minimum absolute atomic E-state index is 0.483. The van der Waals surface area contributed by atoms with Gasteiger partial charge in [-0.25, -0.2) is 24.6 Å². The van der Waals surface area contributed by atoms with Gasteiger partial charge in [-0.05, 0) is 117 Å². The Bertz CT molecular complexity index is 5230. The van der Waals surface area contributed by atoms with Gasteiger partial charge in [0.2, 0.25) is 0 Å². The van der Waals surface area contributed by atoms with Gasteiger partial charge in [0.25, 0.3) is 0 Å². The Hall–Kier alpha value is -12.9. The number of pyridine rings is 1. The fourth-order valence-electron chi connectivity index (χ4n) is 12.3. The highest BCUT2D eigenvalue weighted by Gasteiger charge is 2.25. The first-order valence-corrected chi connectivity index (χ1v) is 28.5. The molecule has 10 nitrogen and oxygen atoms in total. The predicted octanol–water partition coefficient (Wildman–Crippen LogP) is 19.6. The monoisotopic (exact) mass is 1120 g/mol. The summed E-state index contributed by atoms with van der Waals surface area (Å²) in [4.78, 5) is 28.3. The van der Waals surface area contributed by atoms with Gasteiger partial charge in [0, 0.05) is 55.6 Å². The van der Waals surface area contributed by atoms with E-state index in [0.29, 0.717) is 40.0 Å². The quantitative estimate of drug-likeness (QED) is 0.126. The highest BCUT2D eigenvalue weighted by atomic mass is 15.0. The number of fused-ring (bicyclic) bond motifs is 6. The summed E-state index contributed by atoms with van der Waals surface area (Å²) in [7, 11) is 0. The molecule has 0 unspecified atom stereocenters. The maximum Gasteiger partial charge on any atom is 0.194 e. The maximum atomic E-state index is 10.4. The Balaban J connectivity index is 1.03. The van der Waals surface area contributed by atoms with Crippen molar-refractivity contribution >= 4 is 55.0 Å². The van der Waals surface area contributed by atoms with Crippen molar-refractivity contribution < 1.29 is 0 Å². The number of aromatic nitrogens is 6. The largest absolute Gasteiger partial charge is 0.309 e. The van der Waals surface area contributed by atoms with Crippen molar-refractivity contribution in [1.82, 2.24) is 29.1 Å². The fraction of sp³-hybridized carbons (Fsp3) is 0. The van der Waals surface area contributed by atoms with E-state index in [1.807, 2.05) is 170 Å². The third kappa shape index (κ3) is 8.87. The van der Waals surface area contributed by atoms with E-state index in [1.165, 1.54) is 0 Å². The molecule has 0 atom stereocenters. The molecule has 0 N–H and O–H groups in total. The van der Waals surface area contributed by atoms with Crippen molar-refractivity contribution in [1.29, 1.82) is 10.5 Å². The number of benzene rings is 11. The standard InChI is InChI=1S/C78H44N10/c1-81-68-27-15-13-25-60(68)53-32-37-71-66(43-53)64-41-51(58-23-11-9-21-56(58)46-79)30-35-70(64)87(71)74-45-55(78-85-76(49-17-5-3-6-18-49)84-77(86-78)50-19-7-4-8-20-50)29-34-62(74)63-39-40-83-48-75(63)88-72-36-31-52(59-24-12-10-22-57(59)47-80)42-65(72)67-44-54(33-38-73(67)88)61-26-14-16-28-69(61)82-2/h3-45,48H. The molecular weight excluding hydrogens is 1080 g/mol. The van der Waals surface area contributed by atoms with Crippen molar-refractivity contribution in [2.75, 3.05) is 0 Å². The number of para-hydroxylation sites is 2. The van der Waals surface area contributed by atoms with Gasteiger partial charge in [-0.3, -0.25) is 4.98 Å². The van der Waals surface area contributed by atoms with Gasteiger partial charge in [-0.1, -0.05) is 182 Å². The molecule has 0 aliphatic heterocycles. The molecule has 15 rings (SSSR count). The van der Waals surface area contributed by atoms with Crippen LogP contribution in [0.25, 0.3) is 154 Å². The SMILES string of the molecule is [C-]#[N+]c1ccccc1-c1ccc2c(c1)c1cc(-c3ccccc3C#N)ccc1n2-c1cnccc1-c1ccc(-c2nc(-c3ccccc3)nc(-c3ccccc3)n2)cc1-n1c2ccc(-c3ccccc3C#N)cc2c2cc(-c3ccccc3[N+]#[C-])ccc21. The molecule has 0 amide bonds. The molecule has 88 heavy (non-hydrogen) atoms. The molecule has 0 saturated carbocycles. The van der Waals surface area contributed by atoms with Gasteiger partial charge in [-0.15, -0.1) is 0 Å². The lowest BCUT2D eigenvalue weighted by atomic mass is 9.97. The van der Waals surface area contributed by atoms with Crippen LogP contribution in [-0.4, -0.2) is 29.1 Å². The second-order valence-electron chi connectivity index (χ2n) is 21.3. The molecule has 0 aliphatic carbocycles. The number of hydrogen-bond donors (Lipinski definition) is 0. The minimum Gasteiger partial charge on any atom is -0.309 e. The molecule has 406 valence electrons. The second kappa shape index (κ2) is 21.7. The third-order valence-electron chi connectivity index (χ3n) is 16.4. The summed E-state index contributed by atoms with van der Waals surface area (Å²) >= 11 is 0. The topological polar surface area (TPSA) is 118 Å². The molecular formula is C78H44N10. The normalized spacial score (nSPS) is 11.1. The maximum absolute atomic E-state index is 10.4. The highest BCUT2D eigenvalue weighted by molar-refractivity contribution is 6.14. The van der Waals surface area contributed by atoms with Crippen molar-refractivity contribution in [3.05, 3.63) is 301 Å². The van der Waals surface area contributed by atoms with E-state index in [-0.39, 0.29) is 0 Å². The molecule has 0 bridgehead atoms. The Kier molecular flexibility index (Phi) is 12.8.